The predicted molar refractivity (Wildman–Crippen MR) is 71.1 cm³/mol. The van der Waals surface area contributed by atoms with Crippen molar-refractivity contribution in [3.8, 4) is 5.75 Å². The Morgan fingerprint density at radius 3 is 2.61 bits per heavy atom. The van der Waals surface area contributed by atoms with E-state index in [1.165, 1.54) is 6.07 Å². The van der Waals surface area contributed by atoms with Gasteiger partial charge in [-0.1, -0.05) is 0 Å². The van der Waals surface area contributed by atoms with Crippen LogP contribution in [0.2, 0.25) is 0 Å². The SMILES string of the molecule is Cc1ccc(OCCNC(C)(C)C)cc1[N+](=O)[O-]. The summed E-state index contributed by atoms with van der Waals surface area (Å²) in [6.45, 7) is 9.11. The van der Waals surface area contributed by atoms with Crippen molar-refractivity contribution in [1.29, 1.82) is 0 Å². The van der Waals surface area contributed by atoms with Gasteiger partial charge in [-0.2, -0.15) is 0 Å². The number of hydrogen-bond donors (Lipinski definition) is 1. The molecule has 0 saturated carbocycles. The van der Waals surface area contributed by atoms with Gasteiger partial charge in [0.1, 0.15) is 12.4 Å². The Labute approximate surface area is 107 Å². The highest BCUT2D eigenvalue weighted by Crippen LogP contribution is 2.23. The Hall–Kier alpha value is -1.62. The van der Waals surface area contributed by atoms with Gasteiger partial charge in [-0.25, -0.2) is 0 Å². The first kappa shape index (κ1) is 14.4. The van der Waals surface area contributed by atoms with Crippen LogP contribution >= 0.6 is 0 Å². The van der Waals surface area contributed by atoms with Gasteiger partial charge in [-0.15, -0.1) is 0 Å². The summed E-state index contributed by atoms with van der Waals surface area (Å²) in [5, 5.41) is 14.1. The summed E-state index contributed by atoms with van der Waals surface area (Å²) < 4.78 is 5.48. The zero-order valence-corrected chi connectivity index (χ0v) is 11.3. The first-order chi connectivity index (χ1) is 8.29. The number of rotatable bonds is 5. The predicted octanol–water partition coefficient (Wildman–Crippen LogP) is 2.67. The van der Waals surface area contributed by atoms with Gasteiger partial charge < -0.3 is 10.1 Å². The van der Waals surface area contributed by atoms with Crippen LogP contribution in [0.5, 0.6) is 5.75 Å². The maximum Gasteiger partial charge on any atom is 0.276 e. The third-order valence-electron chi connectivity index (χ3n) is 2.40. The molecule has 0 heterocycles. The fraction of sp³-hybridized carbons (Fsp3) is 0.538. The summed E-state index contributed by atoms with van der Waals surface area (Å²) in [5.74, 6) is 0.531. The number of nitro benzene ring substituents is 1. The van der Waals surface area contributed by atoms with Crippen LogP contribution < -0.4 is 10.1 Å². The van der Waals surface area contributed by atoms with Crippen molar-refractivity contribution in [3.05, 3.63) is 33.9 Å². The number of nitrogens with one attached hydrogen (secondary N) is 1. The summed E-state index contributed by atoms with van der Waals surface area (Å²) in [6.07, 6.45) is 0. The average Bonchev–Trinajstić information content (AvgIpc) is 2.24. The van der Waals surface area contributed by atoms with Crippen molar-refractivity contribution in [2.75, 3.05) is 13.2 Å². The number of aryl methyl sites for hydroxylation is 1. The molecule has 0 aliphatic heterocycles. The van der Waals surface area contributed by atoms with E-state index in [4.69, 9.17) is 4.74 Å². The van der Waals surface area contributed by atoms with E-state index in [9.17, 15) is 10.1 Å². The van der Waals surface area contributed by atoms with E-state index in [2.05, 4.69) is 26.1 Å². The molecule has 0 saturated heterocycles. The molecule has 0 aromatic heterocycles. The van der Waals surface area contributed by atoms with Gasteiger partial charge in [0.2, 0.25) is 0 Å². The van der Waals surface area contributed by atoms with Crippen molar-refractivity contribution < 1.29 is 9.66 Å². The van der Waals surface area contributed by atoms with Gasteiger partial charge in [-0.3, -0.25) is 10.1 Å². The van der Waals surface area contributed by atoms with Gasteiger partial charge in [0.25, 0.3) is 5.69 Å². The Bertz CT molecular complexity index is 425. The minimum Gasteiger partial charge on any atom is -0.492 e. The fourth-order valence-electron chi connectivity index (χ4n) is 1.47. The molecule has 0 spiro atoms. The van der Waals surface area contributed by atoms with Crippen LogP contribution in [0.15, 0.2) is 18.2 Å². The highest BCUT2D eigenvalue weighted by atomic mass is 16.6. The lowest BCUT2D eigenvalue weighted by molar-refractivity contribution is -0.385. The normalized spacial score (nSPS) is 11.3. The van der Waals surface area contributed by atoms with Gasteiger partial charge >= 0.3 is 0 Å². The van der Waals surface area contributed by atoms with Crippen LogP contribution in [0, 0.1) is 17.0 Å². The molecule has 0 amide bonds. The first-order valence-corrected chi connectivity index (χ1v) is 5.92. The Kier molecular flexibility index (Phi) is 4.67. The van der Waals surface area contributed by atoms with Gasteiger partial charge in [0.15, 0.2) is 0 Å². The van der Waals surface area contributed by atoms with Crippen LogP contribution in [0.25, 0.3) is 0 Å². The quantitative estimate of drug-likeness (QED) is 0.497. The lowest BCUT2D eigenvalue weighted by Crippen LogP contribution is -2.38. The molecule has 0 aliphatic rings. The second kappa shape index (κ2) is 5.82. The van der Waals surface area contributed by atoms with E-state index in [1.54, 1.807) is 19.1 Å². The number of nitrogens with zero attached hydrogens (tertiary/aromatic N) is 1. The Morgan fingerprint density at radius 2 is 2.06 bits per heavy atom. The van der Waals surface area contributed by atoms with Crippen molar-refractivity contribution in [3.63, 3.8) is 0 Å². The highest BCUT2D eigenvalue weighted by molar-refractivity contribution is 5.45. The average molecular weight is 252 g/mol. The third-order valence-corrected chi connectivity index (χ3v) is 2.40. The van der Waals surface area contributed by atoms with Crippen molar-refractivity contribution in [2.45, 2.75) is 33.2 Å². The molecule has 100 valence electrons. The number of hydrogen-bond acceptors (Lipinski definition) is 4. The van der Waals surface area contributed by atoms with Crippen LogP contribution in [0.4, 0.5) is 5.69 Å². The second-order valence-corrected chi connectivity index (χ2v) is 5.23. The topological polar surface area (TPSA) is 64.4 Å². The summed E-state index contributed by atoms with van der Waals surface area (Å²) in [7, 11) is 0. The summed E-state index contributed by atoms with van der Waals surface area (Å²) in [6, 6.07) is 4.91. The Balaban J connectivity index is 2.53. The molecular weight excluding hydrogens is 232 g/mol. The molecule has 1 aromatic rings. The van der Waals surface area contributed by atoms with E-state index in [0.717, 1.165) is 0 Å². The monoisotopic (exact) mass is 252 g/mol. The third kappa shape index (κ3) is 4.71. The van der Waals surface area contributed by atoms with Gasteiger partial charge in [0, 0.05) is 17.6 Å². The molecule has 0 unspecified atom stereocenters. The zero-order valence-electron chi connectivity index (χ0n) is 11.3. The van der Waals surface area contributed by atoms with E-state index in [1.807, 2.05) is 0 Å². The standard InChI is InChI=1S/C13H20N2O3/c1-10-5-6-11(9-12(10)15(16)17)18-8-7-14-13(2,3)4/h5-6,9,14H,7-8H2,1-4H3. The smallest absolute Gasteiger partial charge is 0.276 e. The molecule has 1 rings (SSSR count). The zero-order chi connectivity index (χ0) is 13.8. The second-order valence-electron chi connectivity index (χ2n) is 5.23. The minimum absolute atomic E-state index is 0.0443. The lowest BCUT2D eigenvalue weighted by Gasteiger charge is -2.20. The Morgan fingerprint density at radius 1 is 1.39 bits per heavy atom. The van der Waals surface area contributed by atoms with Crippen LogP contribution in [0.3, 0.4) is 0 Å². The molecule has 0 bridgehead atoms. The molecule has 1 aromatic carbocycles. The maximum absolute atomic E-state index is 10.8. The highest BCUT2D eigenvalue weighted by Gasteiger charge is 2.12. The minimum atomic E-state index is -0.393. The fourth-order valence-corrected chi connectivity index (χ4v) is 1.47. The summed E-state index contributed by atoms with van der Waals surface area (Å²) >= 11 is 0. The number of benzene rings is 1. The largest absolute Gasteiger partial charge is 0.492 e. The van der Waals surface area contributed by atoms with Crippen LogP contribution in [-0.2, 0) is 0 Å². The summed E-state index contributed by atoms with van der Waals surface area (Å²) in [5.41, 5.74) is 0.777. The van der Waals surface area contributed by atoms with E-state index in [0.29, 0.717) is 24.5 Å². The van der Waals surface area contributed by atoms with Gasteiger partial charge in [0.05, 0.1) is 11.0 Å². The molecular formula is C13H20N2O3. The molecule has 18 heavy (non-hydrogen) atoms. The maximum atomic E-state index is 10.8. The van der Waals surface area contributed by atoms with E-state index >= 15 is 0 Å². The van der Waals surface area contributed by atoms with Crippen LogP contribution in [0.1, 0.15) is 26.3 Å². The molecule has 0 fully saturated rings. The van der Waals surface area contributed by atoms with Crippen molar-refractivity contribution in [1.82, 2.24) is 5.32 Å². The molecule has 0 aliphatic carbocycles. The molecule has 0 atom stereocenters. The number of ether oxygens (including phenoxy) is 1. The van der Waals surface area contributed by atoms with Crippen LogP contribution in [-0.4, -0.2) is 23.6 Å². The summed E-state index contributed by atoms with van der Waals surface area (Å²) in [4.78, 5) is 10.4. The lowest BCUT2D eigenvalue weighted by atomic mass is 10.1. The molecule has 0 radical (unpaired) electrons. The molecule has 1 N–H and O–H groups in total. The molecule has 5 heteroatoms. The first-order valence-electron chi connectivity index (χ1n) is 5.92. The van der Waals surface area contributed by atoms with Crippen molar-refractivity contribution in [2.24, 2.45) is 0 Å². The van der Waals surface area contributed by atoms with E-state index < -0.39 is 4.92 Å². The molecule has 5 nitrogen and oxygen atoms in total. The number of nitro groups is 1. The van der Waals surface area contributed by atoms with E-state index in [-0.39, 0.29) is 11.2 Å². The van der Waals surface area contributed by atoms with Crippen molar-refractivity contribution >= 4 is 5.69 Å². The van der Waals surface area contributed by atoms with Gasteiger partial charge in [-0.05, 0) is 39.8 Å².